The molecule has 0 spiro atoms. The van der Waals surface area contributed by atoms with Gasteiger partial charge in [0.25, 0.3) is 5.91 Å². The van der Waals surface area contributed by atoms with Crippen LogP contribution < -0.4 is 5.32 Å². The number of aliphatic hydroxyl groups is 1. The van der Waals surface area contributed by atoms with Gasteiger partial charge in [0.15, 0.2) is 0 Å². The Morgan fingerprint density at radius 2 is 2.03 bits per heavy atom. The largest absolute Gasteiger partial charge is 0.389 e. The molecule has 176 valence electrons. The van der Waals surface area contributed by atoms with Crippen molar-refractivity contribution in [2.45, 2.75) is 25.1 Å². The standard InChI is InChI=1S/C24H23F2N5O3/c1-30-11-15(9-28-30)19-5-2-14(8-27-19)10-31-12-16(22-17(25)3-4-18(26)23(22)31)24(33)29-20-6-7-34-13-21(20)32/h2-5,8-9,11-12,20-21,32H,6-7,10,13H2,1H3,(H,29,33)/t20-,21-/m0/s1. The summed E-state index contributed by atoms with van der Waals surface area (Å²) in [6.45, 7) is 0.691. The highest BCUT2D eigenvalue weighted by Crippen LogP contribution is 2.28. The van der Waals surface area contributed by atoms with Gasteiger partial charge in [-0.15, -0.1) is 0 Å². The predicted octanol–water partition coefficient (Wildman–Crippen LogP) is 2.64. The lowest BCUT2D eigenvalue weighted by Gasteiger charge is -2.28. The molecule has 1 amide bonds. The molecule has 2 atom stereocenters. The second kappa shape index (κ2) is 8.96. The fourth-order valence-electron chi connectivity index (χ4n) is 4.24. The Labute approximate surface area is 193 Å². The maximum Gasteiger partial charge on any atom is 0.253 e. The number of carbonyl (C=O) groups is 1. The minimum absolute atomic E-state index is 0.00521. The third kappa shape index (κ3) is 4.17. The molecule has 0 unspecified atom stereocenters. The van der Waals surface area contributed by atoms with E-state index in [1.54, 1.807) is 17.1 Å². The van der Waals surface area contributed by atoms with Gasteiger partial charge in [-0.25, -0.2) is 8.78 Å². The Hall–Kier alpha value is -3.63. The van der Waals surface area contributed by atoms with Crippen LogP contribution in [-0.2, 0) is 18.3 Å². The summed E-state index contributed by atoms with van der Waals surface area (Å²) in [5, 5.41) is 16.9. The highest BCUT2D eigenvalue weighted by atomic mass is 19.1. The maximum atomic E-state index is 14.8. The number of aromatic nitrogens is 4. The third-order valence-corrected chi connectivity index (χ3v) is 5.99. The van der Waals surface area contributed by atoms with Gasteiger partial charge in [-0.3, -0.25) is 14.5 Å². The van der Waals surface area contributed by atoms with Crippen LogP contribution in [0.2, 0.25) is 0 Å². The van der Waals surface area contributed by atoms with Crippen molar-refractivity contribution < 1.29 is 23.4 Å². The molecule has 34 heavy (non-hydrogen) atoms. The number of carbonyl (C=O) groups excluding carboxylic acids is 1. The van der Waals surface area contributed by atoms with Crippen LogP contribution >= 0.6 is 0 Å². The zero-order chi connectivity index (χ0) is 23.8. The second-order valence-electron chi connectivity index (χ2n) is 8.39. The molecule has 10 heteroatoms. The van der Waals surface area contributed by atoms with E-state index >= 15 is 0 Å². The van der Waals surface area contributed by atoms with Crippen LogP contribution in [0.25, 0.3) is 22.2 Å². The molecule has 8 nitrogen and oxygen atoms in total. The quantitative estimate of drug-likeness (QED) is 0.471. The lowest BCUT2D eigenvalue weighted by atomic mass is 10.1. The van der Waals surface area contributed by atoms with Crippen LogP contribution in [0.5, 0.6) is 0 Å². The number of benzene rings is 1. The summed E-state index contributed by atoms with van der Waals surface area (Å²) in [5.74, 6) is -1.91. The molecule has 4 aromatic rings. The highest BCUT2D eigenvalue weighted by Gasteiger charge is 2.28. The molecular formula is C24H23F2N5O3. The molecule has 1 fully saturated rings. The molecule has 1 aliphatic heterocycles. The van der Waals surface area contributed by atoms with E-state index in [9.17, 15) is 18.7 Å². The van der Waals surface area contributed by atoms with Gasteiger partial charge in [0.2, 0.25) is 0 Å². The third-order valence-electron chi connectivity index (χ3n) is 5.99. The first-order valence-corrected chi connectivity index (χ1v) is 10.9. The molecule has 0 bridgehead atoms. The number of pyridine rings is 1. The van der Waals surface area contributed by atoms with Gasteiger partial charge in [0.05, 0.1) is 47.1 Å². The summed E-state index contributed by atoms with van der Waals surface area (Å²) in [4.78, 5) is 17.5. The summed E-state index contributed by atoms with van der Waals surface area (Å²) >= 11 is 0. The first-order chi connectivity index (χ1) is 16.4. The van der Waals surface area contributed by atoms with Crippen LogP contribution in [0.1, 0.15) is 22.3 Å². The van der Waals surface area contributed by atoms with E-state index in [-0.39, 0.29) is 29.6 Å². The lowest BCUT2D eigenvalue weighted by molar-refractivity contribution is -0.0260. The summed E-state index contributed by atoms with van der Waals surface area (Å²) in [5.41, 5.74) is 2.35. The maximum absolute atomic E-state index is 14.8. The Morgan fingerprint density at radius 3 is 2.74 bits per heavy atom. The van der Waals surface area contributed by atoms with Gasteiger partial charge in [0, 0.05) is 44.4 Å². The number of nitrogens with one attached hydrogen (secondary N) is 1. The SMILES string of the molecule is Cn1cc(-c2ccc(Cn3cc(C(=O)N[C@H]4CCOC[C@@H]4O)c4c(F)ccc(F)c43)cn2)cn1. The summed E-state index contributed by atoms with van der Waals surface area (Å²) in [6.07, 6.45) is 6.21. The molecule has 1 aliphatic rings. The first-order valence-electron chi connectivity index (χ1n) is 10.9. The zero-order valence-corrected chi connectivity index (χ0v) is 18.4. The molecule has 3 aromatic heterocycles. The zero-order valence-electron chi connectivity index (χ0n) is 18.4. The van der Waals surface area contributed by atoms with Gasteiger partial charge in [-0.2, -0.15) is 5.10 Å². The molecule has 5 rings (SSSR count). The second-order valence-corrected chi connectivity index (χ2v) is 8.39. The Kier molecular flexibility index (Phi) is 5.84. The van der Waals surface area contributed by atoms with Gasteiger partial charge in [0.1, 0.15) is 11.6 Å². The van der Waals surface area contributed by atoms with E-state index in [0.717, 1.165) is 29.0 Å². The molecule has 2 N–H and O–H groups in total. The predicted molar refractivity (Wildman–Crippen MR) is 120 cm³/mol. The van der Waals surface area contributed by atoms with Gasteiger partial charge >= 0.3 is 0 Å². The monoisotopic (exact) mass is 467 g/mol. The van der Waals surface area contributed by atoms with E-state index in [1.807, 2.05) is 25.4 Å². The van der Waals surface area contributed by atoms with Crippen molar-refractivity contribution >= 4 is 16.8 Å². The van der Waals surface area contributed by atoms with Crippen LogP contribution in [0.15, 0.2) is 49.1 Å². The van der Waals surface area contributed by atoms with Crippen molar-refractivity contribution in [2.75, 3.05) is 13.2 Å². The molecule has 1 aromatic carbocycles. The Morgan fingerprint density at radius 1 is 1.21 bits per heavy atom. The smallest absolute Gasteiger partial charge is 0.253 e. The van der Waals surface area contributed by atoms with E-state index in [1.165, 1.54) is 10.8 Å². The minimum atomic E-state index is -0.864. The average Bonchev–Trinajstić information content (AvgIpc) is 3.43. The van der Waals surface area contributed by atoms with Gasteiger partial charge in [-0.05, 0) is 30.2 Å². The number of rotatable bonds is 5. The lowest BCUT2D eigenvalue weighted by Crippen LogP contribution is -2.48. The first kappa shape index (κ1) is 22.2. The van der Waals surface area contributed by atoms with Crippen molar-refractivity contribution in [2.24, 2.45) is 7.05 Å². The molecule has 0 radical (unpaired) electrons. The molecule has 0 aliphatic carbocycles. The summed E-state index contributed by atoms with van der Waals surface area (Å²) < 4.78 is 38.0. The Bertz CT molecular complexity index is 1350. The fourth-order valence-corrected chi connectivity index (χ4v) is 4.24. The van der Waals surface area contributed by atoms with E-state index < -0.39 is 29.7 Å². The number of fused-ring (bicyclic) bond motifs is 1. The van der Waals surface area contributed by atoms with Crippen LogP contribution in [-0.4, -0.2) is 55.7 Å². The summed E-state index contributed by atoms with van der Waals surface area (Å²) in [6, 6.07) is 5.19. The van der Waals surface area contributed by atoms with Crippen LogP contribution in [0.4, 0.5) is 8.78 Å². The average molecular weight is 467 g/mol. The number of halogens is 2. The van der Waals surface area contributed by atoms with E-state index in [4.69, 9.17) is 4.74 Å². The molecular weight excluding hydrogens is 444 g/mol. The van der Waals surface area contributed by atoms with Crippen molar-refractivity contribution in [1.82, 2.24) is 24.6 Å². The van der Waals surface area contributed by atoms with Crippen LogP contribution in [0, 0.1) is 11.6 Å². The topological polar surface area (TPSA) is 94.2 Å². The van der Waals surface area contributed by atoms with Crippen molar-refractivity contribution in [3.05, 3.63) is 71.8 Å². The van der Waals surface area contributed by atoms with Crippen molar-refractivity contribution in [3.8, 4) is 11.3 Å². The number of hydrogen-bond acceptors (Lipinski definition) is 5. The number of amides is 1. The molecule has 4 heterocycles. The number of nitrogens with zero attached hydrogens (tertiary/aromatic N) is 4. The fraction of sp³-hybridized carbons (Fsp3) is 0.292. The number of ether oxygens (including phenoxy) is 1. The van der Waals surface area contributed by atoms with Crippen LogP contribution in [0.3, 0.4) is 0 Å². The Balaban J connectivity index is 1.47. The number of aliphatic hydroxyl groups excluding tert-OH is 1. The van der Waals surface area contributed by atoms with Gasteiger partial charge in [-0.1, -0.05) is 6.07 Å². The number of aryl methyl sites for hydroxylation is 1. The van der Waals surface area contributed by atoms with Gasteiger partial charge < -0.3 is 19.7 Å². The van der Waals surface area contributed by atoms with E-state index in [2.05, 4.69) is 15.4 Å². The van der Waals surface area contributed by atoms with Crippen molar-refractivity contribution in [3.63, 3.8) is 0 Å². The molecule has 1 saturated heterocycles. The summed E-state index contributed by atoms with van der Waals surface area (Å²) in [7, 11) is 1.82. The highest BCUT2D eigenvalue weighted by molar-refractivity contribution is 6.07. The normalized spacial score (nSPS) is 18.4. The van der Waals surface area contributed by atoms with Crippen molar-refractivity contribution in [1.29, 1.82) is 0 Å². The van der Waals surface area contributed by atoms with E-state index in [0.29, 0.717) is 13.0 Å². The minimum Gasteiger partial charge on any atom is -0.389 e. The molecule has 0 saturated carbocycles. The number of hydrogen-bond donors (Lipinski definition) is 2.